The second kappa shape index (κ2) is 9.78. The van der Waals surface area contributed by atoms with Crippen LogP contribution in [0, 0.1) is 5.92 Å². The number of nitrogens with one attached hydrogen (secondary N) is 2. The van der Waals surface area contributed by atoms with Crippen molar-refractivity contribution in [2.24, 2.45) is 5.92 Å². The van der Waals surface area contributed by atoms with Crippen molar-refractivity contribution >= 4 is 24.2 Å². The fourth-order valence-corrected chi connectivity index (χ4v) is 3.70. The van der Waals surface area contributed by atoms with E-state index in [-0.39, 0.29) is 36.2 Å². The van der Waals surface area contributed by atoms with Gasteiger partial charge in [0.25, 0.3) is 5.91 Å². The van der Waals surface area contributed by atoms with Gasteiger partial charge in [0.05, 0.1) is 5.92 Å². The van der Waals surface area contributed by atoms with Crippen LogP contribution in [0.25, 0.3) is 0 Å². The molecule has 1 aromatic rings. The first kappa shape index (κ1) is 19.7. The molecule has 2 amide bonds. The molecular formula is C19H28ClN3O2. The summed E-state index contributed by atoms with van der Waals surface area (Å²) < 4.78 is 0. The maximum atomic E-state index is 12.9. The Morgan fingerprint density at radius 3 is 2.64 bits per heavy atom. The zero-order chi connectivity index (χ0) is 16.8. The van der Waals surface area contributed by atoms with Gasteiger partial charge < -0.3 is 15.5 Å². The molecule has 0 radical (unpaired) electrons. The first-order valence-corrected chi connectivity index (χ1v) is 9.10. The first-order chi connectivity index (χ1) is 11.8. The zero-order valence-electron chi connectivity index (χ0n) is 14.6. The van der Waals surface area contributed by atoms with Gasteiger partial charge in [0, 0.05) is 31.2 Å². The van der Waals surface area contributed by atoms with Crippen molar-refractivity contribution in [3.63, 3.8) is 0 Å². The topological polar surface area (TPSA) is 61.4 Å². The number of nitrogens with zero attached hydrogens (tertiary/aromatic N) is 1. The van der Waals surface area contributed by atoms with Crippen LogP contribution in [0.4, 0.5) is 0 Å². The van der Waals surface area contributed by atoms with Gasteiger partial charge in [-0.05, 0) is 50.8 Å². The van der Waals surface area contributed by atoms with Crippen LogP contribution in [-0.2, 0) is 4.79 Å². The van der Waals surface area contributed by atoms with Gasteiger partial charge in [-0.15, -0.1) is 12.4 Å². The number of amides is 2. The molecule has 2 N–H and O–H groups in total. The monoisotopic (exact) mass is 365 g/mol. The molecule has 2 saturated heterocycles. The van der Waals surface area contributed by atoms with E-state index < -0.39 is 0 Å². The van der Waals surface area contributed by atoms with Crippen LogP contribution >= 0.6 is 12.4 Å². The van der Waals surface area contributed by atoms with E-state index in [1.807, 2.05) is 35.2 Å². The molecule has 0 bridgehead atoms. The van der Waals surface area contributed by atoms with Crippen LogP contribution in [0.3, 0.4) is 0 Å². The third-order valence-corrected chi connectivity index (χ3v) is 5.09. The third-order valence-electron chi connectivity index (χ3n) is 5.09. The van der Waals surface area contributed by atoms with E-state index in [0.29, 0.717) is 12.1 Å². The fraction of sp³-hybridized carbons (Fsp3) is 0.579. The molecule has 0 aliphatic carbocycles. The Hall–Kier alpha value is -1.59. The molecule has 2 heterocycles. The normalized spacial score (nSPS) is 23.4. The third kappa shape index (κ3) is 5.19. The molecule has 1 aromatic carbocycles. The average Bonchev–Trinajstić information content (AvgIpc) is 2.67. The van der Waals surface area contributed by atoms with E-state index in [0.717, 1.165) is 51.7 Å². The number of benzene rings is 1. The molecular weight excluding hydrogens is 338 g/mol. The van der Waals surface area contributed by atoms with Crippen LogP contribution in [0.5, 0.6) is 0 Å². The van der Waals surface area contributed by atoms with Gasteiger partial charge in [0.15, 0.2) is 0 Å². The predicted molar refractivity (Wildman–Crippen MR) is 101 cm³/mol. The summed E-state index contributed by atoms with van der Waals surface area (Å²) in [7, 11) is 0. The van der Waals surface area contributed by atoms with E-state index in [1.165, 1.54) is 0 Å². The molecule has 2 unspecified atom stereocenters. The molecule has 2 aliphatic heterocycles. The molecule has 0 saturated carbocycles. The van der Waals surface area contributed by atoms with Crippen molar-refractivity contribution < 1.29 is 9.59 Å². The molecule has 25 heavy (non-hydrogen) atoms. The molecule has 2 atom stereocenters. The SMILES string of the molecule is Cl.O=C(NCC1CCCCN1C(=O)C1CCCNC1)c1ccccc1. The summed E-state index contributed by atoms with van der Waals surface area (Å²) in [5.74, 6) is 0.304. The Bertz CT molecular complexity index is 561. The predicted octanol–water partition coefficient (Wildman–Crippen LogP) is 2.22. The minimum atomic E-state index is -0.0621. The fourth-order valence-electron chi connectivity index (χ4n) is 3.70. The average molecular weight is 366 g/mol. The lowest BCUT2D eigenvalue weighted by molar-refractivity contribution is -0.139. The lowest BCUT2D eigenvalue weighted by Gasteiger charge is -2.38. The van der Waals surface area contributed by atoms with Crippen molar-refractivity contribution in [1.29, 1.82) is 0 Å². The van der Waals surface area contributed by atoms with Crippen molar-refractivity contribution in [2.75, 3.05) is 26.2 Å². The number of carbonyl (C=O) groups excluding carboxylic acids is 2. The summed E-state index contributed by atoms with van der Waals surface area (Å²) in [6.07, 6.45) is 5.21. The smallest absolute Gasteiger partial charge is 0.251 e. The highest BCUT2D eigenvalue weighted by molar-refractivity contribution is 5.94. The molecule has 138 valence electrons. The second-order valence-corrected chi connectivity index (χ2v) is 6.80. The molecule has 6 heteroatoms. The van der Waals surface area contributed by atoms with Crippen LogP contribution in [0.1, 0.15) is 42.5 Å². The van der Waals surface area contributed by atoms with Gasteiger partial charge in [-0.25, -0.2) is 0 Å². The van der Waals surface area contributed by atoms with Gasteiger partial charge in [0.1, 0.15) is 0 Å². The zero-order valence-corrected chi connectivity index (χ0v) is 15.4. The van der Waals surface area contributed by atoms with Crippen LogP contribution in [0.2, 0.25) is 0 Å². The summed E-state index contributed by atoms with van der Waals surface area (Å²) in [4.78, 5) is 27.1. The van der Waals surface area contributed by atoms with Crippen molar-refractivity contribution in [3.05, 3.63) is 35.9 Å². The minimum Gasteiger partial charge on any atom is -0.350 e. The Labute approximate surface area is 155 Å². The number of hydrogen-bond donors (Lipinski definition) is 2. The summed E-state index contributed by atoms with van der Waals surface area (Å²) in [6, 6.07) is 9.37. The number of hydrogen-bond acceptors (Lipinski definition) is 3. The van der Waals surface area contributed by atoms with Crippen LogP contribution in [0.15, 0.2) is 30.3 Å². The Kier molecular flexibility index (Phi) is 7.72. The van der Waals surface area contributed by atoms with Crippen LogP contribution in [-0.4, -0.2) is 48.9 Å². The van der Waals surface area contributed by atoms with Gasteiger partial charge >= 0.3 is 0 Å². The molecule has 0 aromatic heterocycles. The molecule has 2 aliphatic rings. The Morgan fingerprint density at radius 2 is 1.92 bits per heavy atom. The van der Waals surface area contributed by atoms with Crippen molar-refractivity contribution in [2.45, 2.75) is 38.1 Å². The molecule has 0 spiro atoms. The summed E-state index contributed by atoms with van der Waals surface area (Å²) in [5, 5.41) is 6.33. The van der Waals surface area contributed by atoms with E-state index in [2.05, 4.69) is 10.6 Å². The molecule has 3 rings (SSSR count). The Morgan fingerprint density at radius 1 is 1.12 bits per heavy atom. The lowest BCUT2D eigenvalue weighted by atomic mass is 9.94. The minimum absolute atomic E-state index is 0. The van der Waals surface area contributed by atoms with E-state index in [4.69, 9.17) is 0 Å². The highest BCUT2D eigenvalue weighted by atomic mass is 35.5. The van der Waals surface area contributed by atoms with Crippen molar-refractivity contribution in [1.82, 2.24) is 15.5 Å². The van der Waals surface area contributed by atoms with Crippen molar-refractivity contribution in [3.8, 4) is 0 Å². The highest BCUT2D eigenvalue weighted by Crippen LogP contribution is 2.22. The standard InChI is InChI=1S/C19H27N3O2.ClH/c23-18(15-7-2-1-3-8-15)21-14-17-10-4-5-12-22(17)19(24)16-9-6-11-20-13-16;/h1-3,7-8,16-17,20H,4-6,9-14H2,(H,21,23);1H. The lowest BCUT2D eigenvalue weighted by Crippen LogP contribution is -2.53. The second-order valence-electron chi connectivity index (χ2n) is 6.80. The van der Waals surface area contributed by atoms with Gasteiger partial charge in [-0.1, -0.05) is 18.2 Å². The van der Waals surface area contributed by atoms with Crippen LogP contribution < -0.4 is 10.6 Å². The van der Waals surface area contributed by atoms with Gasteiger partial charge in [-0.2, -0.15) is 0 Å². The maximum absolute atomic E-state index is 12.9. The first-order valence-electron chi connectivity index (χ1n) is 9.10. The number of halogens is 1. The Balaban J connectivity index is 0.00000225. The van der Waals surface area contributed by atoms with Gasteiger partial charge in [0.2, 0.25) is 5.91 Å². The highest BCUT2D eigenvalue weighted by Gasteiger charge is 2.32. The number of rotatable bonds is 4. The van der Waals surface area contributed by atoms with E-state index in [9.17, 15) is 9.59 Å². The number of piperidine rings is 2. The largest absolute Gasteiger partial charge is 0.350 e. The quantitative estimate of drug-likeness (QED) is 0.860. The summed E-state index contributed by atoms with van der Waals surface area (Å²) >= 11 is 0. The van der Waals surface area contributed by atoms with E-state index in [1.54, 1.807) is 0 Å². The molecule has 5 nitrogen and oxygen atoms in total. The molecule has 2 fully saturated rings. The number of carbonyl (C=O) groups is 2. The van der Waals surface area contributed by atoms with Gasteiger partial charge in [-0.3, -0.25) is 9.59 Å². The number of likely N-dealkylation sites (tertiary alicyclic amines) is 1. The van der Waals surface area contributed by atoms with E-state index >= 15 is 0 Å². The summed E-state index contributed by atoms with van der Waals surface area (Å²) in [5.41, 5.74) is 0.669. The summed E-state index contributed by atoms with van der Waals surface area (Å²) in [6.45, 7) is 3.17. The maximum Gasteiger partial charge on any atom is 0.251 e.